The molecule has 450 valence electrons. The number of carbonyl (C=O) groups is 3. The summed E-state index contributed by atoms with van der Waals surface area (Å²) < 4.78 is 78.0. The molecule has 5 heterocycles. The molecule has 5 saturated heterocycles. The highest BCUT2D eigenvalue weighted by Crippen LogP contribution is 2.48. The number of Topliss-reactive ketones (excluding diaryl/α,β-unsaturated/α-hetero) is 2. The normalized spacial score (nSPS) is 40.9. The average molecular weight is 1140 g/mol. The van der Waals surface area contributed by atoms with E-state index in [1.54, 1.807) is 27.7 Å². The summed E-state index contributed by atoms with van der Waals surface area (Å²) in [6.45, 7) is 13.6. The van der Waals surface area contributed by atoms with Crippen LogP contribution in [0.1, 0.15) is 109 Å². The molecule has 9 N–H and O–H groups in total. The quantitative estimate of drug-likeness (QED) is 0.0997. The summed E-state index contributed by atoms with van der Waals surface area (Å²) >= 11 is 0. The minimum atomic E-state index is -1.95. The number of rotatable bonds is 17. The van der Waals surface area contributed by atoms with Crippen LogP contribution >= 0.6 is 0 Å². The fraction of sp³-hybridized carbons (Fsp3) is 0.764. The van der Waals surface area contributed by atoms with Crippen molar-refractivity contribution >= 4 is 28.3 Å². The number of hydrogen-bond donors (Lipinski definition) is 9. The molecule has 0 bridgehead atoms. The van der Waals surface area contributed by atoms with E-state index in [9.17, 15) is 55.5 Å². The number of carbonyl (C=O) groups excluding carboxylic acids is 3. The highest BCUT2D eigenvalue weighted by molar-refractivity contribution is 6.11. The topological polar surface area (TPSA) is 353 Å². The zero-order valence-electron chi connectivity index (χ0n) is 46.8. The summed E-state index contributed by atoms with van der Waals surface area (Å²) in [5.41, 5.74) is -1.46. The second kappa shape index (κ2) is 25.2. The van der Waals surface area contributed by atoms with Gasteiger partial charge in [-0.2, -0.15) is 0 Å². The minimum Gasteiger partial charge on any atom is -0.507 e. The van der Waals surface area contributed by atoms with E-state index < -0.39 is 182 Å². The second-order valence-electron chi connectivity index (χ2n) is 22.5. The molecule has 2 aromatic carbocycles. The molecule has 1 aliphatic carbocycles. The lowest BCUT2D eigenvalue weighted by Gasteiger charge is -2.46. The second-order valence-corrected chi connectivity index (χ2v) is 22.5. The van der Waals surface area contributed by atoms with Crippen molar-refractivity contribution in [2.75, 3.05) is 14.2 Å². The molecule has 8 rings (SSSR count). The number of aliphatic hydroxyl groups excluding tert-OH is 6. The molecule has 25 atom stereocenters. The van der Waals surface area contributed by atoms with Crippen LogP contribution in [0.15, 0.2) is 12.1 Å². The summed E-state index contributed by atoms with van der Waals surface area (Å²) in [5.74, 6) is -4.65. The van der Waals surface area contributed by atoms with Gasteiger partial charge in [0.25, 0.3) is 0 Å². The van der Waals surface area contributed by atoms with E-state index >= 15 is 4.79 Å². The first-order valence-electron chi connectivity index (χ1n) is 27.3. The number of esters is 1. The van der Waals surface area contributed by atoms with Gasteiger partial charge in [0.05, 0.1) is 72.0 Å². The van der Waals surface area contributed by atoms with Crippen LogP contribution in [0.25, 0.3) is 10.8 Å². The third kappa shape index (κ3) is 12.9. The maximum atomic E-state index is 15.1. The van der Waals surface area contributed by atoms with Crippen molar-refractivity contribution in [1.82, 2.24) is 0 Å². The van der Waals surface area contributed by atoms with Crippen molar-refractivity contribution in [3.05, 3.63) is 28.8 Å². The molecule has 25 heteroatoms. The Balaban J connectivity index is 1.03. The molecule has 0 unspecified atom stereocenters. The standard InChI is InChI=1S/C55H80O25/c1-20-32(76-37-16-33(45(61)22(3)70-37)77-36-15-31(58)51(68-10)25(6)73-36)14-29-12-28-13-30(52(69-11)50(66)44(60)21(2)56)53(49(65)42(28)48(64)41(29)43(20)59)80-39-18-34(46(62)24(5)72-39)78-38-17-35(47(63)23(4)71-38)79-40-19-55(9,67)54(26(7)74-40)75-27(8)57/h12,14,21-26,30-31,33-40,44-47,51-54,56,58-64,67H,13,15-19H2,1-11H3/t21-,22-,23-,24-,25-,26-,30+,31-,33-,34-,35-,36+,37-,38-,39-,40+,44-,45-,46+,47+,51+,52+,53-,54-,55-/m1/s1. The fourth-order valence-electron chi connectivity index (χ4n) is 12.1. The van der Waals surface area contributed by atoms with E-state index in [0.29, 0.717) is 0 Å². The summed E-state index contributed by atoms with van der Waals surface area (Å²) in [6.07, 6.45) is -25.7. The number of phenols is 2. The summed E-state index contributed by atoms with van der Waals surface area (Å²) in [7, 11) is 2.66. The molecule has 0 amide bonds. The Labute approximate surface area is 463 Å². The van der Waals surface area contributed by atoms with Crippen LogP contribution in [0, 0.1) is 12.8 Å². The van der Waals surface area contributed by atoms with Gasteiger partial charge in [0.1, 0.15) is 65.6 Å². The molecule has 0 spiro atoms. The summed E-state index contributed by atoms with van der Waals surface area (Å²) in [4.78, 5) is 40.8. The van der Waals surface area contributed by atoms with Crippen molar-refractivity contribution in [1.29, 1.82) is 0 Å². The van der Waals surface area contributed by atoms with E-state index in [2.05, 4.69) is 0 Å². The van der Waals surface area contributed by atoms with Gasteiger partial charge in [-0.05, 0) is 84.9 Å². The lowest BCUT2D eigenvalue weighted by Crippen LogP contribution is -2.59. The van der Waals surface area contributed by atoms with Gasteiger partial charge in [0, 0.05) is 64.7 Å². The summed E-state index contributed by atoms with van der Waals surface area (Å²) in [5, 5.41) is 101. The highest BCUT2D eigenvalue weighted by Gasteiger charge is 2.52. The van der Waals surface area contributed by atoms with E-state index in [0.717, 1.165) is 0 Å². The molecule has 0 aromatic heterocycles. The Morgan fingerprint density at radius 3 is 1.75 bits per heavy atom. The average Bonchev–Trinajstić information content (AvgIpc) is 3.39. The zero-order chi connectivity index (χ0) is 58.6. The SMILES string of the molecule is CO[C@@H]1[C@H](O)C[C@H](O[C@@H]2C[C@@H](Oc3cc4cc5c(c(O)c4c(O)c3C)C(=O)[C@H](O[C@@H]3C[C@@H](O[C@@H]4C[C@@H](O[C@H]6C[C@@](C)(O)[C@H](OC(C)=O)[C@@H](C)O6)[C@@H](O)[C@@H](C)O4)[C@@H](O)[C@@H](C)O3)[C@H]([C@H](OC)C(=O)[C@H](O)[C@@H](C)O)C5)O[C@H](C)[C@H]2O)O[C@@H]1C. The van der Waals surface area contributed by atoms with Gasteiger partial charge in [-0.3, -0.25) is 14.4 Å². The van der Waals surface area contributed by atoms with Gasteiger partial charge in [0.2, 0.25) is 6.29 Å². The van der Waals surface area contributed by atoms with Crippen molar-refractivity contribution in [2.24, 2.45) is 5.92 Å². The number of phenolic OH excluding ortho intramolecular Hbond substituents is 2. The van der Waals surface area contributed by atoms with Crippen LogP contribution in [0.2, 0.25) is 0 Å². The Hall–Kier alpha value is -3.81. The first-order valence-corrected chi connectivity index (χ1v) is 27.3. The van der Waals surface area contributed by atoms with Crippen molar-refractivity contribution < 1.29 is 122 Å². The van der Waals surface area contributed by atoms with E-state index in [1.807, 2.05) is 0 Å². The van der Waals surface area contributed by atoms with E-state index in [-0.39, 0.29) is 71.7 Å². The first kappa shape index (κ1) is 62.2. The first-order chi connectivity index (χ1) is 37.6. The number of ether oxygens (including phenoxy) is 13. The molecular weight excluding hydrogens is 1060 g/mol. The molecule has 5 fully saturated rings. The Bertz CT molecular complexity index is 2500. The van der Waals surface area contributed by atoms with Gasteiger partial charge < -0.3 is 108 Å². The number of fused-ring (bicyclic) bond motifs is 2. The smallest absolute Gasteiger partial charge is 0.303 e. The van der Waals surface area contributed by atoms with Gasteiger partial charge in [-0.1, -0.05) is 0 Å². The van der Waals surface area contributed by atoms with Crippen molar-refractivity contribution in [2.45, 2.75) is 248 Å². The number of aliphatic hydroxyl groups is 7. The van der Waals surface area contributed by atoms with Gasteiger partial charge in [-0.25, -0.2) is 0 Å². The van der Waals surface area contributed by atoms with Crippen LogP contribution in [-0.4, -0.2) is 225 Å². The largest absolute Gasteiger partial charge is 0.507 e. The molecule has 2 aromatic rings. The molecular formula is C55H80O25. The number of ketones is 2. The molecule has 0 radical (unpaired) electrons. The predicted octanol–water partition coefficient (Wildman–Crippen LogP) is 0.976. The van der Waals surface area contributed by atoms with Crippen molar-refractivity contribution in [3.63, 3.8) is 0 Å². The highest BCUT2D eigenvalue weighted by atomic mass is 16.7. The molecule has 5 aliphatic heterocycles. The van der Waals surface area contributed by atoms with E-state index in [1.165, 1.54) is 61.0 Å². The number of methoxy groups -OCH3 is 2. The Kier molecular flexibility index (Phi) is 19.6. The van der Waals surface area contributed by atoms with Gasteiger partial charge in [-0.15, -0.1) is 0 Å². The Morgan fingerprint density at radius 2 is 1.23 bits per heavy atom. The molecule has 25 nitrogen and oxygen atoms in total. The molecule has 0 saturated carbocycles. The lowest BCUT2D eigenvalue weighted by atomic mass is 9.75. The molecule has 6 aliphatic rings. The lowest BCUT2D eigenvalue weighted by molar-refractivity contribution is -0.334. The summed E-state index contributed by atoms with van der Waals surface area (Å²) in [6, 6.07) is 3.05. The third-order valence-corrected chi connectivity index (χ3v) is 16.4. The van der Waals surface area contributed by atoms with Crippen molar-refractivity contribution in [3.8, 4) is 17.2 Å². The van der Waals surface area contributed by atoms with E-state index in [4.69, 9.17) is 61.6 Å². The zero-order valence-corrected chi connectivity index (χ0v) is 46.8. The van der Waals surface area contributed by atoms with Crippen LogP contribution in [0.4, 0.5) is 0 Å². The number of benzene rings is 2. The van der Waals surface area contributed by atoms with Gasteiger partial charge >= 0.3 is 5.97 Å². The number of hydrogen-bond acceptors (Lipinski definition) is 25. The van der Waals surface area contributed by atoms with Crippen LogP contribution in [0.3, 0.4) is 0 Å². The monoisotopic (exact) mass is 1140 g/mol. The predicted molar refractivity (Wildman–Crippen MR) is 273 cm³/mol. The minimum absolute atomic E-state index is 0.00805. The van der Waals surface area contributed by atoms with Crippen LogP contribution in [-0.2, 0) is 72.9 Å². The third-order valence-electron chi connectivity index (χ3n) is 16.4. The Morgan fingerprint density at radius 1 is 0.713 bits per heavy atom. The fourth-order valence-corrected chi connectivity index (χ4v) is 12.1. The molecule has 80 heavy (non-hydrogen) atoms. The van der Waals surface area contributed by atoms with Crippen LogP contribution < -0.4 is 4.74 Å². The van der Waals surface area contributed by atoms with Gasteiger partial charge in [0.15, 0.2) is 42.8 Å². The maximum absolute atomic E-state index is 15.1. The number of aromatic hydroxyl groups is 2. The maximum Gasteiger partial charge on any atom is 0.303 e. The van der Waals surface area contributed by atoms with Crippen LogP contribution in [0.5, 0.6) is 17.2 Å².